The van der Waals surface area contributed by atoms with E-state index in [1.165, 1.54) is 24.1 Å². The van der Waals surface area contributed by atoms with Crippen LogP contribution in [0.25, 0.3) is 6.08 Å². The number of allylic oxidation sites excluding steroid dienone is 1. The molecule has 27 heavy (non-hydrogen) atoms. The van der Waals surface area contributed by atoms with E-state index in [4.69, 9.17) is 13.9 Å². The summed E-state index contributed by atoms with van der Waals surface area (Å²) in [6, 6.07) is 18.4. The Morgan fingerprint density at radius 3 is 2.56 bits per heavy atom. The molecular formula is C23H22N2O2. The van der Waals surface area contributed by atoms with Gasteiger partial charge >= 0.3 is 0 Å². The summed E-state index contributed by atoms with van der Waals surface area (Å²) in [5.74, 6) is 2.18. The molecule has 0 saturated heterocycles. The Balaban J connectivity index is 1.61. The smallest absolute Gasteiger partial charge is 0.129 e. The van der Waals surface area contributed by atoms with E-state index in [9.17, 15) is 0 Å². The lowest BCUT2D eigenvalue weighted by Crippen LogP contribution is -2.25. The number of hydrogen-bond donors (Lipinski definition) is 0. The Kier molecular flexibility index (Phi) is 4.17. The van der Waals surface area contributed by atoms with E-state index < -0.39 is 0 Å². The molecule has 1 aliphatic heterocycles. The van der Waals surface area contributed by atoms with Crippen molar-refractivity contribution in [1.82, 2.24) is 0 Å². The maximum Gasteiger partial charge on any atom is 0.129 e. The van der Waals surface area contributed by atoms with Gasteiger partial charge in [-0.2, -0.15) is 5.10 Å². The van der Waals surface area contributed by atoms with Crippen LogP contribution in [0, 0.1) is 5.92 Å². The molecule has 0 spiro atoms. The van der Waals surface area contributed by atoms with Crippen molar-refractivity contribution in [3.8, 4) is 0 Å². The van der Waals surface area contributed by atoms with Gasteiger partial charge < -0.3 is 8.83 Å². The zero-order valence-corrected chi connectivity index (χ0v) is 15.1. The fraction of sp³-hybridized carbons (Fsp3) is 0.261. The maximum atomic E-state index is 5.85. The van der Waals surface area contributed by atoms with E-state index in [1.54, 1.807) is 12.5 Å². The minimum absolute atomic E-state index is 0.0931. The van der Waals surface area contributed by atoms with Crippen molar-refractivity contribution < 1.29 is 8.83 Å². The number of nitrogens with zero attached hydrogens (tertiary/aromatic N) is 2. The number of anilines is 1. The second-order valence-electron chi connectivity index (χ2n) is 7.16. The van der Waals surface area contributed by atoms with Crippen molar-refractivity contribution in [3.63, 3.8) is 0 Å². The molecule has 4 nitrogen and oxygen atoms in total. The standard InChI is InChI=1S/C23H22N2O2/c1-2-9-18(10-3-1)25-23(21-13-7-15-27-21)20-12-5-4-8-17(22(20)24-25)16-19-11-6-14-26-19/h1-3,6-7,9-11,13-16,20,23H,4-5,8,12H2. The fourth-order valence-corrected chi connectivity index (χ4v) is 4.25. The molecule has 5 rings (SSSR count). The molecule has 1 aliphatic carbocycles. The molecular weight excluding hydrogens is 336 g/mol. The SMILES string of the molecule is C(=C1CCCCC2C1=NN(c1ccccc1)C2c1ccco1)c1ccco1. The monoisotopic (exact) mass is 358 g/mol. The Hall–Kier alpha value is -3.01. The lowest BCUT2D eigenvalue weighted by Gasteiger charge is -2.26. The van der Waals surface area contributed by atoms with Gasteiger partial charge in [0.05, 0.1) is 23.9 Å². The van der Waals surface area contributed by atoms with E-state index in [0.717, 1.165) is 30.0 Å². The molecule has 3 aromatic rings. The first-order valence-electron chi connectivity index (χ1n) is 9.61. The highest BCUT2D eigenvalue weighted by molar-refractivity contribution is 6.07. The normalized spacial score (nSPS) is 23.9. The van der Waals surface area contributed by atoms with Crippen LogP contribution in [-0.2, 0) is 0 Å². The van der Waals surface area contributed by atoms with Gasteiger partial charge in [-0.1, -0.05) is 24.6 Å². The first-order valence-corrected chi connectivity index (χ1v) is 9.61. The summed E-state index contributed by atoms with van der Waals surface area (Å²) >= 11 is 0. The van der Waals surface area contributed by atoms with E-state index in [0.29, 0.717) is 5.92 Å². The van der Waals surface area contributed by atoms with Crippen LogP contribution in [0.2, 0.25) is 0 Å². The predicted octanol–water partition coefficient (Wildman–Crippen LogP) is 6.06. The van der Waals surface area contributed by atoms with E-state index in [1.807, 2.05) is 24.3 Å². The molecule has 1 aromatic carbocycles. The number of para-hydroxylation sites is 1. The number of hydrogen-bond acceptors (Lipinski definition) is 4. The van der Waals surface area contributed by atoms with Gasteiger partial charge in [-0.15, -0.1) is 0 Å². The highest BCUT2D eigenvalue weighted by atomic mass is 16.3. The molecule has 0 N–H and O–H groups in total. The average molecular weight is 358 g/mol. The summed E-state index contributed by atoms with van der Waals surface area (Å²) in [5, 5.41) is 7.26. The van der Waals surface area contributed by atoms with Gasteiger partial charge in [-0.25, -0.2) is 0 Å². The molecule has 0 amide bonds. The second-order valence-corrected chi connectivity index (χ2v) is 7.16. The predicted molar refractivity (Wildman–Crippen MR) is 106 cm³/mol. The molecule has 136 valence electrons. The largest absolute Gasteiger partial charge is 0.467 e. The maximum absolute atomic E-state index is 5.85. The zero-order chi connectivity index (χ0) is 18.1. The van der Waals surface area contributed by atoms with Crippen LogP contribution < -0.4 is 5.01 Å². The first kappa shape index (κ1) is 16.2. The molecule has 2 aromatic heterocycles. The topological polar surface area (TPSA) is 41.9 Å². The van der Waals surface area contributed by atoms with Crippen molar-refractivity contribution in [2.24, 2.45) is 11.0 Å². The van der Waals surface area contributed by atoms with E-state index in [2.05, 4.69) is 41.4 Å². The quantitative estimate of drug-likeness (QED) is 0.571. The molecule has 0 radical (unpaired) electrons. The van der Waals surface area contributed by atoms with Gasteiger partial charge in [-0.3, -0.25) is 5.01 Å². The van der Waals surface area contributed by atoms with Crippen molar-refractivity contribution >= 4 is 17.5 Å². The summed E-state index contributed by atoms with van der Waals surface area (Å²) in [6.07, 6.45) is 10.2. The summed E-state index contributed by atoms with van der Waals surface area (Å²) in [4.78, 5) is 0. The van der Waals surface area contributed by atoms with Crippen LogP contribution in [0.1, 0.15) is 43.2 Å². The van der Waals surface area contributed by atoms with Gasteiger partial charge in [0.2, 0.25) is 0 Å². The minimum atomic E-state index is 0.0931. The third-order valence-corrected chi connectivity index (χ3v) is 5.47. The third-order valence-electron chi connectivity index (χ3n) is 5.47. The molecule has 1 fully saturated rings. The number of fused-ring (bicyclic) bond motifs is 1. The molecule has 4 heteroatoms. The number of benzene rings is 1. The van der Waals surface area contributed by atoms with Gasteiger partial charge in [0.15, 0.2) is 0 Å². The van der Waals surface area contributed by atoms with Gasteiger partial charge in [0.25, 0.3) is 0 Å². The Morgan fingerprint density at radius 1 is 0.926 bits per heavy atom. The lowest BCUT2D eigenvalue weighted by molar-refractivity contribution is 0.404. The highest BCUT2D eigenvalue weighted by Gasteiger charge is 2.42. The summed E-state index contributed by atoms with van der Waals surface area (Å²) < 4.78 is 11.4. The van der Waals surface area contributed by atoms with Crippen LogP contribution in [0.4, 0.5) is 5.69 Å². The summed E-state index contributed by atoms with van der Waals surface area (Å²) in [7, 11) is 0. The molecule has 0 bridgehead atoms. The van der Waals surface area contributed by atoms with Crippen LogP contribution in [0.15, 0.2) is 86.6 Å². The fourth-order valence-electron chi connectivity index (χ4n) is 4.25. The Labute approximate surface area is 158 Å². The number of rotatable bonds is 3. The number of furan rings is 2. The molecule has 2 unspecified atom stereocenters. The van der Waals surface area contributed by atoms with Crippen molar-refractivity contribution in [1.29, 1.82) is 0 Å². The highest BCUT2D eigenvalue weighted by Crippen LogP contribution is 2.45. The first-order chi connectivity index (χ1) is 13.4. The van der Waals surface area contributed by atoms with Crippen molar-refractivity contribution in [3.05, 3.63) is 84.2 Å². The molecule has 2 aliphatic rings. The van der Waals surface area contributed by atoms with E-state index in [-0.39, 0.29) is 6.04 Å². The van der Waals surface area contributed by atoms with Gasteiger partial charge in [0, 0.05) is 5.92 Å². The molecule has 2 atom stereocenters. The van der Waals surface area contributed by atoms with Crippen LogP contribution in [-0.4, -0.2) is 5.71 Å². The van der Waals surface area contributed by atoms with Crippen LogP contribution in [0.3, 0.4) is 0 Å². The molecule has 1 saturated carbocycles. The average Bonchev–Trinajstić information content (AvgIpc) is 3.43. The Morgan fingerprint density at radius 2 is 1.78 bits per heavy atom. The second kappa shape index (κ2) is 6.95. The van der Waals surface area contributed by atoms with Gasteiger partial charge in [0.1, 0.15) is 17.6 Å². The third kappa shape index (κ3) is 3.01. The molecule has 3 heterocycles. The Bertz CT molecular complexity index is 940. The van der Waals surface area contributed by atoms with Crippen LogP contribution >= 0.6 is 0 Å². The summed E-state index contributed by atoms with van der Waals surface area (Å²) in [6.45, 7) is 0. The van der Waals surface area contributed by atoms with Crippen LogP contribution in [0.5, 0.6) is 0 Å². The van der Waals surface area contributed by atoms with Crippen molar-refractivity contribution in [2.75, 3.05) is 5.01 Å². The van der Waals surface area contributed by atoms with Gasteiger partial charge in [-0.05, 0) is 67.3 Å². The lowest BCUT2D eigenvalue weighted by atomic mass is 9.87. The minimum Gasteiger partial charge on any atom is -0.467 e. The number of hydrazone groups is 1. The zero-order valence-electron chi connectivity index (χ0n) is 15.1. The summed E-state index contributed by atoms with van der Waals surface area (Å²) in [5.41, 5.74) is 3.55. The van der Waals surface area contributed by atoms with E-state index >= 15 is 0 Å². The van der Waals surface area contributed by atoms with Crippen molar-refractivity contribution in [2.45, 2.75) is 31.7 Å².